The summed E-state index contributed by atoms with van der Waals surface area (Å²) >= 11 is 0. The molecule has 0 aromatic carbocycles. The van der Waals surface area contributed by atoms with E-state index in [4.69, 9.17) is 4.74 Å². The van der Waals surface area contributed by atoms with Crippen LogP contribution in [0.15, 0.2) is 12.2 Å². The van der Waals surface area contributed by atoms with E-state index in [0.717, 1.165) is 6.42 Å². The highest BCUT2D eigenvalue weighted by Gasteiger charge is 2.66. The van der Waals surface area contributed by atoms with E-state index in [9.17, 15) is 5.11 Å². The second-order valence-electron chi connectivity index (χ2n) is 6.82. The van der Waals surface area contributed by atoms with Gasteiger partial charge in [-0.1, -0.05) is 32.9 Å². The molecule has 1 aliphatic carbocycles. The number of fused-ring (bicyclic) bond motifs is 1. The second kappa shape index (κ2) is 3.36. The molecule has 96 valence electrons. The van der Waals surface area contributed by atoms with Gasteiger partial charge >= 0.3 is 0 Å². The van der Waals surface area contributed by atoms with E-state index < -0.39 is 5.79 Å². The fourth-order valence-corrected chi connectivity index (χ4v) is 4.64. The van der Waals surface area contributed by atoms with Gasteiger partial charge in [-0.25, -0.2) is 0 Å². The topological polar surface area (TPSA) is 29.5 Å². The second-order valence-corrected chi connectivity index (χ2v) is 6.82. The van der Waals surface area contributed by atoms with Crippen molar-refractivity contribution in [1.29, 1.82) is 0 Å². The average molecular weight is 236 g/mol. The van der Waals surface area contributed by atoms with Crippen LogP contribution in [0.4, 0.5) is 0 Å². The van der Waals surface area contributed by atoms with E-state index >= 15 is 0 Å². The van der Waals surface area contributed by atoms with Gasteiger partial charge in [0.2, 0.25) is 0 Å². The first-order valence-corrected chi connectivity index (χ1v) is 6.99. The molecule has 1 spiro atoms. The quantitative estimate of drug-likeness (QED) is 0.709. The minimum atomic E-state index is -0.930. The molecule has 1 N–H and O–H groups in total. The predicted molar refractivity (Wildman–Crippen MR) is 67.4 cm³/mol. The molecule has 3 rings (SSSR count). The number of ether oxygens (including phenoxy) is 1. The molecule has 2 heterocycles. The van der Waals surface area contributed by atoms with Gasteiger partial charge in [-0.3, -0.25) is 0 Å². The summed E-state index contributed by atoms with van der Waals surface area (Å²) in [5.74, 6) is 0.852. The molecule has 17 heavy (non-hydrogen) atoms. The van der Waals surface area contributed by atoms with E-state index in [1.165, 1.54) is 18.4 Å². The maximum absolute atomic E-state index is 10.8. The highest BCUT2D eigenvalue weighted by Crippen LogP contribution is 2.63. The first kappa shape index (κ1) is 11.7. The summed E-state index contributed by atoms with van der Waals surface area (Å²) in [5.41, 5.74) is 1.13. The number of hydrogen-bond acceptors (Lipinski definition) is 2. The molecule has 0 aromatic heterocycles. The average Bonchev–Trinajstić information content (AvgIpc) is 2.65. The van der Waals surface area contributed by atoms with Gasteiger partial charge in [-0.05, 0) is 31.1 Å². The summed E-state index contributed by atoms with van der Waals surface area (Å²) in [5, 5.41) is 10.8. The monoisotopic (exact) mass is 236 g/mol. The summed E-state index contributed by atoms with van der Waals surface area (Å²) in [6.45, 7) is 10.9. The molecule has 1 unspecified atom stereocenters. The van der Waals surface area contributed by atoms with Crippen LogP contribution >= 0.6 is 0 Å². The van der Waals surface area contributed by atoms with Crippen molar-refractivity contribution in [2.75, 3.05) is 0 Å². The lowest BCUT2D eigenvalue weighted by Crippen LogP contribution is -2.48. The van der Waals surface area contributed by atoms with E-state index in [0.29, 0.717) is 24.2 Å². The van der Waals surface area contributed by atoms with Gasteiger partial charge in [0, 0.05) is 18.3 Å². The van der Waals surface area contributed by atoms with Gasteiger partial charge < -0.3 is 9.84 Å². The first-order valence-electron chi connectivity index (χ1n) is 6.99. The molecular formula is C15H24O2. The summed E-state index contributed by atoms with van der Waals surface area (Å²) in [6, 6.07) is 0. The molecule has 0 amide bonds. The van der Waals surface area contributed by atoms with E-state index in [2.05, 4.69) is 27.4 Å². The van der Waals surface area contributed by atoms with Crippen LogP contribution in [-0.4, -0.2) is 16.5 Å². The Balaban J connectivity index is 2.04. The van der Waals surface area contributed by atoms with Crippen LogP contribution in [0.25, 0.3) is 0 Å². The Morgan fingerprint density at radius 2 is 2.12 bits per heavy atom. The Bertz CT molecular complexity index is 362. The molecule has 5 atom stereocenters. The zero-order valence-electron chi connectivity index (χ0n) is 11.2. The lowest BCUT2D eigenvalue weighted by atomic mass is 9.77. The Hall–Kier alpha value is -0.340. The molecule has 0 radical (unpaired) electrons. The fraction of sp³-hybridized carbons (Fsp3) is 0.867. The highest BCUT2D eigenvalue weighted by molar-refractivity contribution is 5.24. The van der Waals surface area contributed by atoms with Gasteiger partial charge in [-0.15, -0.1) is 0 Å². The molecule has 0 aromatic rings. The molecule has 2 bridgehead atoms. The number of hydrogen-bond donors (Lipinski definition) is 1. The third kappa shape index (κ3) is 1.34. The lowest BCUT2D eigenvalue weighted by molar-refractivity contribution is -0.269. The Labute approximate surface area is 104 Å². The number of aliphatic hydroxyl groups is 1. The summed E-state index contributed by atoms with van der Waals surface area (Å²) in [4.78, 5) is 0. The van der Waals surface area contributed by atoms with Crippen molar-refractivity contribution in [2.24, 2.45) is 23.7 Å². The van der Waals surface area contributed by atoms with Gasteiger partial charge in [0.25, 0.3) is 0 Å². The van der Waals surface area contributed by atoms with Crippen molar-refractivity contribution < 1.29 is 9.84 Å². The molecule has 2 heteroatoms. The van der Waals surface area contributed by atoms with E-state index in [-0.39, 0.29) is 11.5 Å². The largest absolute Gasteiger partial charge is 0.365 e. The molecule has 2 aliphatic heterocycles. The molecule has 2 saturated heterocycles. The highest BCUT2D eigenvalue weighted by atomic mass is 16.6. The van der Waals surface area contributed by atoms with Crippen LogP contribution < -0.4 is 0 Å². The lowest BCUT2D eigenvalue weighted by Gasteiger charge is -2.43. The molecule has 1 saturated carbocycles. The molecule has 2 nitrogen and oxygen atoms in total. The minimum Gasteiger partial charge on any atom is -0.365 e. The van der Waals surface area contributed by atoms with Crippen molar-refractivity contribution in [1.82, 2.24) is 0 Å². The van der Waals surface area contributed by atoms with E-state index in [1.807, 2.05) is 0 Å². The van der Waals surface area contributed by atoms with Crippen LogP contribution in [0, 0.1) is 23.7 Å². The van der Waals surface area contributed by atoms with Gasteiger partial charge in [0.15, 0.2) is 5.79 Å². The van der Waals surface area contributed by atoms with Crippen LogP contribution in [-0.2, 0) is 4.74 Å². The van der Waals surface area contributed by atoms with Crippen molar-refractivity contribution in [3.8, 4) is 0 Å². The van der Waals surface area contributed by atoms with Crippen LogP contribution in [0.2, 0.25) is 0 Å². The van der Waals surface area contributed by atoms with Gasteiger partial charge in [0.1, 0.15) is 0 Å². The normalized spacial score (nSPS) is 53.2. The first-order chi connectivity index (χ1) is 7.89. The predicted octanol–water partition coefficient (Wildman–Crippen LogP) is 3.11. The Morgan fingerprint density at radius 1 is 1.41 bits per heavy atom. The van der Waals surface area contributed by atoms with Gasteiger partial charge in [0.05, 0.1) is 5.60 Å². The zero-order chi connectivity index (χ0) is 12.4. The van der Waals surface area contributed by atoms with Crippen molar-refractivity contribution in [3.63, 3.8) is 0 Å². The zero-order valence-corrected chi connectivity index (χ0v) is 11.2. The van der Waals surface area contributed by atoms with Gasteiger partial charge in [-0.2, -0.15) is 0 Å². The van der Waals surface area contributed by atoms with Crippen molar-refractivity contribution >= 4 is 0 Å². The standard InChI is InChI=1S/C15H24O2/c1-9(2)13-8-14-11(4)5-6-12(14)10(3)7-15(13,16)17-14/h9,11-13,16H,3,5-8H2,1-2,4H3/t11-,12-,13?,14-,15+/m0/s1. The smallest absolute Gasteiger partial charge is 0.173 e. The van der Waals surface area contributed by atoms with Crippen molar-refractivity contribution in [2.45, 2.75) is 57.8 Å². The maximum Gasteiger partial charge on any atom is 0.173 e. The molecule has 3 aliphatic rings. The Kier molecular flexibility index (Phi) is 2.32. The maximum atomic E-state index is 10.8. The van der Waals surface area contributed by atoms with Crippen LogP contribution in [0.1, 0.15) is 46.5 Å². The SMILES string of the molecule is C=C1C[C@@]2(O)O[C@@]3(CC2C(C)C)[C@@H](C)CC[C@@H]13. The third-order valence-corrected chi connectivity index (χ3v) is 5.58. The summed E-state index contributed by atoms with van der Waals surface area (Å²) < 4.78 is 6.25. The van der Waals surface area contributed by atoms with Crippen molar-refractivity contribution in [3.05, 3.63) is 12.2 Å². The summed E-state index contributed by atoms with van der Waals surface area (Å²) in [6.07, 6.45) is 4.08. The fourth-order valence-electron chi connectivity index (χ4n) is 4.64. The number of rotatable bonds is 1. The van der Waals surface area contributed by atoms with Crippen LogP contribution in [0.5, 0.6) is 0 Å². The van der Waals surface area contributed by atoms with E-state index in [1.54, 1.807) is 0 Å². The minimum absolute atomic E-state index is 0.0982. The Morgan fingerprint density at radius 3 is 2.76 bits per heavy atom. The molecular weight excluding hydrogens is 212 g/mol. The summed E-state index contributed by atoms with van der Waals surface area (Å²) in [7, 11) is 0. The molecule has 3 fully saturated rings. The third-order valence-electron chi connectivity index (χ3n) is 5.58. The van der Waals surface area contributed by atoms with Crippen LogP contribution in [0.3, 0.4) is 0 Å².